The van der Waals surface area contributed by atoms with Crippen molar-refractivity contribution in [2.45, 2.75) is 6.92 Å². The molecule has 40 heavy (non-hydrogen) atoms. The molecule has 0 radical (unpaired) electrons. The van der Waals surface area contributed by atoms with E-state index in [9.17, 15) is 14.4 Å². The number of nitrogens with one attached hydrogen (secondary N) is 2. The summed E-state index contributed by atoms with van der Waals surface area (Å²) in [5.41, 5.74) is 2.97. The first-order valence-corrected chi connectivity index (χ1v) is 13.0. The van der Waals surface area contributed by atoms with Gasteiger partial charge in [0.25, 0.3) is 11.8 Å². The topological polar surface area (TPSA) is 84.5 Å². The lowest BCUT2D eigenvalue weighted by molar-refractivity contribution is -0.113. The average molecular weight is 551 g/mol. The smallest absolute Gasteiger partial charge is 0.272 e. The minimum absolute atomic E-state index is 0.0593. The maximum atomic E-state index is 13.2. The molecule has 2 N–H and O–H groups in total. The van der Waals surface area contributed by atoms with Crippen LogP contribution < -0.4 is 15.4 Å². The molecule has 0 saturated carbocycles. The van der Waals surface area contributed by atoms with Gasteiger partial charge in [0.15, 0.2) is 5.78 Å². The molecule has 0 unspecified atom stereocenters. The van der Waals surface area contributed by atoms with Crippen LogP contribution in [0.5, 0.6) is 5.75 Å². The van der Waals surface area contributed by atoms with E-state index in [1.807, 2.05) is 25.1 Å². The van der Waals surface area contributed by atoms with Gasteiger partial charge in [0.1, 0.15) is 11.4 Å². The second-order valence-electron chi connectivity index (χ2n) is 8.66. The standard InChI is InChI=1S/C33H27ClN2O4/c1-2-40-29-19-10-24(11-20-29)22-30(36-32(38)26-6-4-3-5-7-26)33(39)35-28-17-13-25(14-18-28)31(37)21-12-23-8-15-27(34)16-9-23/h3-22H,2H2,1H3,(H,35,39)(H,36,38)/b21-12+,30-22-. The van der Waals surface area contributed by atoms with Crippen molar-refractivity contribution in [3.8, 4) is 5.75 Å². The minimum atomic E-state index is -0.514. The molecule has 0 atom stereocenters. The van der Waals surface area contributed by atoms with Crippen LogP contribution in [0.1, 0.15) is 38.8 Å². The lowest BCUT2D eigenvalue weighted by Gasteiger charge is -2.12. The SMILES string of the molecule is CCOc1ccc(/C=C(\NC(=O)c2ccccc2)C(=O)Nc2ccc(C(=O)/C=C/c3ccc(Cl)cc3)cc2)cc1. The number of halogens is 1. The van der Waals surface area contributed by atoms with E-state index in [-0.39, 0.29) is 11.5 Å². The monoisotopic (exact) mass is 550 g/mol. The summed E-state index contributed by atoms with van der Waals surface area (Å²) in [4.78, 5) is 38.7. The van der Waals surface area contributed by atoms with Crippen LogP contribution in [0.15, 0.2) is 115 Å². The van der Waals surface area contributed by atoms with E-state index in [1.165, 1.54) is 6.08 Å². The maximum absolute atomic E-state index is 13.2. The number of carbonyl (C=O) groups is 3. The molecule has 4 aromatic rings. The van der Waals surface area contributed by atoms with E-state index >= 15 is 0 Å². The number of rotatable bonds is 10. The molecule has 0 saturated heterocycles. The summed E-state index contributed by atoms with van der Waals surface area (Å²) in [6.07, 6.45) is 4.78. The predicted octanol–water partition coefficient (Wildman–Crippen LogP) is 7.04. The first-order valence-electron chi connectivity index (χ1n) is 12.6. The molecule has 0 fully saturated rings. The van der Waals surface area contributed by atoms with Gasteiger partial charge in [-0.1, -0.05) is 60.1 Å². The fourth-order valence-corrected chi connectivity index (χ4v) is 3.82. The molecule has 200 valence electrons. The molecule has 0 aliphatic rings. The van der Waals surface area contributed by atoms with Gasteiger partial charge in [-0.2, -0.15) is 0 Å². The highest BCUT2D eigenvalue weighted by Gasteiger charge is 2.15. The van der Waals surface area contributed by atoms with Crippen molar-refractivity contribution in [1.82, 2.24) is 5.32 Å². The van der Waals surface area contributed by atoms with Gasteiger partial charge in [-0.3, -0.25) is 14.4 Å². The van der Waals surface area contributed by atoms with E-state index in [2.05, 4.69) is 10.6 Å². The third kappa shape index (κ3) is 8.03. The Morgan fingerprint density at radius 3 is 2.08 bits per heavy atom. The van der Waals surface area contributed by atoms with Gasteiger partial charge in [0, 0.05) is 21.8 Å². The van der Waals surface area contributed by atoms with Gasteiger partial charge in [-0.15, -0.1) is 0 Å². The zero-order chi connectivity index (χ0) is 28.3. The Bertz CT molecular complexity index is 1530. The molecular formula is C33H27ClN2O4. The molecule has 0 spiro atoms. The number of ketones is 1. The van der Waals surface area contributed by atoms with Crippen molar-refractivity contribution in [2.24, 2.45) is 0 Å². The summed E-state index contributed by atoms with van der Waals surface area (Å²) in [6.45, 7) is 2.44. The molecule has 7 heteroatoms. The molecular weight excluding hydrogens is 524 g/mol. The maximum Gasteiger partial charge on any atom is 0.272 e. The van der Waals surface area contributed by atoms with Crippen LogP contribution in [0.2, 0.25) is 5.02 Å². The number of benzene rings is 4. The Morgan fingerprint density at radius 2 is 1.43 bits per heavy atom. The van der Waals surface area contributed by atoms with Crippen LogP contribution >= 0.6 is 11.6 Å². The van der Waals surface area contributed by atoms with Crippen molar-refractivity contribution >= 4 is 47.0 Å². The highest BCUT2D eigenvalue weighted by atomic mass is 35.5. The third-order valence-electron chi connectivity index (χ3n) is 5.76. The predicted molar refractivity (Wildman–Crippen MR) is 159 cm³/mol. The molecule has 4 aromatic carbocycles. The molecule has 2 amide bonds. The van der Waals surface area contributed by atoms with Crippen LogP contribution in [-0.2, 0) is 4.79 Å². The lowest BCUT2D eigenvalue weighted by atomic mass is 10.1. The molecule has 0 aliphatic heterocycles. The molecule has 0 bridgehead atoms. The first kappa shape index (κ1) is 28.1. The first-order chi connectivity index (χ1) is 19.4. The number of carbonyl (C=O) groups excluding carboxylic acids is 3. The highest BCUT2D eigenvalue weighted by molar-refractivity contribution is 6.30. The van der Waals surface area contributed by atoms with E-state index < -0.39 is 11.8 Å². The minimum Gasteiger partial charge on any atom is -0.494 e. The van der Waals surface area contributed by atoms with Crippen LogP contribution in [-0.4, -0.2) is 24.2 Å². The van der Waals surface area contributed by atoms with Gasteiger partial charge in [-0.05, 0) is 90.9 Å². The van der Waals surface area contributed by atoms with E-state index in [1.54, 1.807) is 97.1 Å². The summed E-state index contributed by atoms with van der Waals surface area (Å²) < 4.78 is 5.48. The average Bonchev–Trinajstić information content (AvgIpc) is 2.98. The Labute approximate surface area is 238 Å². The van der Waals surface area contributed by atoms with Crippen molar-refractivity contribution in [3.63, 3.8) is 0 Å². The zero-order valence-corrected chi connectivity index (χ0v) is 22.5. The van der Waals surface area contributed by atoms with Crippen molar-refractivity contribution in [1.29, 1.82) is 0 Å². The number of allylic oxidation sites excluding steroid dienone is 1. The molecule has 0 aliphatic carbocycles. The van der Waals surface area contributed by atoms with Gasteiger partial charge < -0.3 is 15.4 Å². The zero-order valence-electron chi connectivity index (χ0n) is 21.8. The molecule has 0 aromatic heterocycles. The van der Waals surface area contributed by atoms with Crippen molar-refractivity contribution < 1.29 is 19.1 Å². The number of anilines is 1. The Kier molecular flexibility index (Phi) is 9.64. The summed E-state index contributed by atoms with van der Waals surface area (Å²) in [6, 6.07) is 29.5. The summed E-state index contributed by atoms with van der Waals surface area (Å²) in [7, 11) is 0. The third-order valence-corrected chi connectivity index (χ3v) is 6.01. The van der Waals surface area contributed by atoms with E-state index in [0.717, 1.165) is 5.56 Å². The fraction of sp³-hybridized carbons (Fsp3) is 0.0606. The summed E-state index contributed by atoms with van der Waals surface area (Å²) >= 11 is 5.90. The lowest BCUT2D eigenvalue weighted by Crippen LogP contribution is -2.30. The number of amides is 2. The Hall–Kier alpha value is -4.94. The largest absolute Gasteiger partial charge is 0.494 e. The quantitative estimate of drug-likeness (QED) is 0.164. The molecule has 6 nitrogen and oxygen atoms in total. The summed E-state index contributed by atoms with van der Waals surface area (Å²) in [5.74, 6) is -0.406. The van der Waals surface area contributed by atoms with Crippen LogP contribution in [0.4, 0.5) is 5.69 Å². The molecule has 0 heterocycles. The number of hydrogen-bond acceptors (Lipinski definition) is 4. The number of hydrogen-bond donors (Lipinski definition) is 2. The van der Waals surface area contributed by atoms with E-state index in [4.69, 9.17) is 16.3 Å². The van der Waals surface area contributed by atoms with Gasteiger partial charge in [0.05, 0.1) is 6.61 Å². The van der Waals surface area contributed by atoms with Gasteiger partial charge in [-0.25, -0.2) is 0 Å². The normalized spacial score (nSPS) is 11.2. The Morgan fingerprint density at radius 1 is 0.775 bits per heavy atom. The molecule has 4 rings (SSSR count). The number of ether oxygens (including phenoxy) is 1. The van der Waals surface area contributed by atoms with E-state index in [0.29, 0.717) is 39.8 Å². The Balaban J connectivity index is 1.49. The highest BCUT2D eigenvalue weighted by Crippen LogP contribution is 2.17. The van der Waals surface area contributed by atoms with Crippen molar-refractivity contribution in [2.75, 3.05) is 11.9 Å². The van der Waals surface area contributed by atoms with Gasteiger partial charge >= 0.3 is 0 Å². The van der Waals surface area contributed by atoms with Gasteiger partial charge in [0.2, 0.25) is 0 Å². The fourth-order valence-electron chi connectivity index (χ4n) is 3.69. The van der Waals surface area contributed by atoms with Crippen LogP contribution in [0, 0.1) is 0 Å². The second-order valence-corrected chi connectivity index (χ2v) is 9.10. The second kappa shape index (κ2) is 13.7. The summed E-state index contributed by atoms with van der Waals surface area (Å²) in [5, 5.41) is 6.13. The van der Waals surface area contributed by atoms with Crippen molar-refractivity contribution in [3.05, 3.63) is 142 Å². The van der Waals surface area contributed by atoms with Crippen LogP contribution in [0.25, 0.3) is 12.2 Å². The van der Waals surface area contributed by atoms with Crippen LogP contribution in [0.3, 0.4) is 0 Å².